The molecule has 0 aromatic carbocycles. The number of ether oxygens (including phenoxy) is 1. The summed E-state index contributed by atoms with van der Waals surface area (Å²) in [6, 6.07) is 0. The molecule has 0 rings (SSSR count). The highest BCUT2D eigenvalue weighted by Gasteiger charge is 2.20. The zero-order valence-corrected chi connectivity index (χ0v) is 9.96. The highest BCUT2D eigenvalue weighted by Crippen LogP contribution is 2.09. The van der Waals surface area contributed by atoms with Gasteiger partial charge in [-0.05, 0) is 27.8 Å². The van der Waals surface area contributed by atoms with Gasteiger partial charge in [0.15, 0.2) is 0 Å². The lowest BCUT2D eigenvalue weighted by Crippen LogP contribution is -2.40. The Morgan fingerprint density at radius 1 is 1.53 bits per heavy atom. The Kier molecular flexibility index (Phi) is 5.80. The minimum absolute atomic E-state index is 0.274. The molecule has 0 saturated carbocycles. The third-order valence-electron chi connectivity index (χ3n) is 1.57. The molecule has 0 heterocycles. The second kappa shape index (κ2) is 6.31. The summed E-state index contributed by atoms with van der Waals surface area (Å²) in [4.78, 5) is 13.1. The molecule has 0 bridgehead atoms. The molecule has 0 fully saturated rings. The number of likely N-dealkylation sites (N-methyl/N-ethyl adjacent to an activating group) is 1. The van der Waals surface area contributed by atoms with Gasteiger partial charge in [0.05, 0.1) is 6.54 Å². The monoisotopic (exact) mass is 212 g/mol. The zero-order chi connectivity index (χ0) is 11.9. The SMILES string of the molecule is C#CCN(CCNC)C(=O)OC(C)(C)C. The van der Waals surface area contributed by atoms with Gasteiger partial charge < -0.3 is 10.1 Å². The fourth-order valence-electron chi connectivity index (χ4n) is 0.918. The molecule has 0 saturated heterocycles. The van der Waals surface area contributed by atoms with E-state index in [1.165, 1.54) is 4.90 Å². The van der Waals surface area contributed by atoms with Crippen LogP contribution in [0.2, 0.25) is 0 Å². The number of nitrogens with one attached hydrogen (secondary N) is 1. The van der Waals surface area contributed by atoms with Crippen molar-refractivity contribution in [2.45, 2.75) is 26.4 Å². The van der Waals surface area contributed by atoms with Crippen molar-refractivity contribution in [2.75, 3.05) is 26.7 Å². The Morgan fingerprint density at radius 3 is 2.53 bits per heavy atom. The van der Waals surface area contributed by atoms with E-state index in [1.54, 1.807) is 0 Å². The van der Waals surface area contributed by atoms with E-state index in [4.69, 9.17) is 11.2 Å². The van der Waals surface area contributed by atoms with E-state index in [0.717, 1.165) is 0 Å². The summed E-state index contributed by atoms with van der Waals surface area (Å²) in [6.45, 7) is 7.01. The van der Waals surface area contributed by atoms with E-state index in [9.17, 15) is 4.79 Å². The number of hydrogen-bond donors (Lipinski definition) is 1. The molecule has 1 amide bonds. The molecule has 86 valence electrons. The van der Waals surface area contributed by atoms with E-state index < -0.39 is 5.60 Å². The molecule has 4 heteroatoms. The van der Waals surface area contributed by atoms with Crippen LogP contribution in [0.1, 0.15) is 20.8 Å². The normalized spacial score (nSPS) is 10.6. The van der Waals surface area contributed by atoms with Crippen LogP contribution >= 0.6 is 0 Å². The molecule has 0 aliphatic rings. The summed E-state index contributed by atoms with van der Waals surface area (Å²) in [5, 5.41) is 2.96. The number of nitrogens with zero attached hydrogens (tertiary/aromatic N) is 1. The van der Waals surface area contributed by atoms with Gasteiger partial charge in [-0.3, -0.25) is 4.90 Å². The van der Waals surface area contributed by atoms with Crippen LogP contribution in [0, 0.1) is 12.3 Å². The Morgan fingerprint density at radius 2 is 2.13 bits per heavy atom. The Bertz CT molecular complexity index is 238. The maximum atomic E-state index is 11.6. The molecule has 0 aliphatic heterocycles. The smallest absolute Gasteiger partial charge is 0.411 e. The molecule has 15 heavy (non-hydrogen) atoms. The first-order valence-electron chi connectivity index (χ1n) is 4.96. The molecule has 0 aromatic heterocycles. The van der Waals surface area contributed by atoms with Crippen LogP contribution in [0.5, 0.6) is 0 Å². The first kappa shape index (κ1) is 13.8. The summed E-state index contributed by atoms with van der Waals surface area (Å²) < 4.78 is 5.21. The average molecular weight is 212 g/mol. The minimum Gasteiger partial charge on any atom is -0.444 e. The maximum Gasteiger partial charge on any atom is 0.411 e. The van der Waals surface area contributed by atoms with Gasteiger partial charge in [-0.2, -0.15) is 0 Å². The van der Waals surface area contributed by atoms with Crippen molar-refractivity contribution in [3.8, 4) is 12.3 Å². The van der Waals surface area contributed by atoms with Crippen molar-refractivity contribution >= 4 is 6.09 Å². The van der Waals surface area contributed by atoms with Gasteiger partial charge in [0, 0.05) is 13.1 Å². The van der Waals surface area contributed by atoms with Crippen LogP contribution in [-0.4, -0.2) is 43.3 Å². The van der Waals surface area contributed by atoms with E-state index in [2.05, 4.69) is 11.2 Å². The largest absolute Gasteiger partial charge is 0.444 e. The highest BCUT2D eigenvalue weighted by atomic mass is 16.6. The number of carbonyl (C=O) groups is 1. The predicted octanol–water partition coefficient (Wildman–Crippen LogP) is 1.08. The van der Waals surface area contributed by atoms with Crippen molar-refractivity contribution in [2.24, 2.45) is 0 Å². The number of terminal acetylenes is 1. The van der Waals surface area contributed by atoms with Gasteiger partial charge in [0.25, 0.3) is 0 Å². The number of amides is 1. The van der Waals surface area contributed by atoms with Gasteiger partial charge in [-0.15, -0.1) is 6.42 Å². The van der Waals surface area contributed by atoms with Crippen molar-refractivity contribution in [3.63, 3.8) is 0 Å². The van der Waals surface area contributed by atoms with Crippen molar-refractivity contribution in [3.05, 3.63) is 0 Å². The second-order valence-corrected chi connectivity index (χ2v) is 4.21. The molecule has 4 nitrogen and oxygen atoms in total. The van der Waals surface area contributed by atoms with E-state index in [0.29, 0.717) is 13.1 Å². The lowest BCUT2D eigenvalue weighted by Gasteiger charge is -2.26. The van der Waals surface area contributed by atoms with Gasteiger partial charge in [0.2, 0.25) is 0 Å². The topological polar surface area (TPSA) is 41.6 Å². The highest BCUT2D eigenvalue weighted by molar-refractivity contribution is 5.68. The summed E-state index contributed by atoms with van der Waals surface area (Å²) in [5.41, 5.74) is -0.483. The van der Waals surface area contributed by atoms with Gasteiger partial charge in [-0.1, -0.05) is 5.92 Å². The second-order valence-electron chi connectivity index (χ2n) is 4.21. The van der Waals surface area contributed by atoms with E-state index in [-0.39, 0.29) is 12.6 Å². The third kappa shape index (κ3) is 6.81. The number of carbonyl (C=O) groups excluding carboxylic acids is 1. The van der Waals surface area contributed by atoms with Crippen LogP contribution in [0.25, 0.3) is 0 Å². The molecule has 1 N–H and O–H groups in total. The van der Waals surface area contributed by atoms with Crippen LogP contribution in [0.15, 0.2) is 0 Å². The molecule has 0 spiro atoms. The minimum atomic E-state index is -0.483. The van der Waals surface area contributed by atoms with Gasteiger partial charge in [0.1, 0.15) is 5.60 Å². The third-order valence-corrected chi connectivity index (χ3v) is 1.57. The molecule has 0 radical (unpaired) electrons. The van der Waals surface area contributed by atoms with Crippen molar-refractivity contribution in [1.29, 1.82) is 0 Å². The average Bonchev–Trinajstić information content (AvgIpc) is 2.09. The molecule has 0 atom stereocenters. The fourth-order valence-corrected chi connectivity index (χ4v) is 0.918. The van der Waals surface area contributed by atoms with Crippen LogP contribution < -0.4 is 5.32 Å². The first-order chi connectivity index (χ1) is 6.90. The summed E-state index contributed by atoms with van der Waals surface area (Å²) in [5.74, 6) is 2.44. The summed E-state index contributed by atoms with van der Waals surface area (Å²) >= 11 is 0. The number of hydrogen-bond acceptors (Lipinski definition) is 3. The van der Waals surface area contributed by atoms with Crippen molar-refractivity contribution < 1.29 is 9.53 Å². The molecule has 0 aromatic rings. The first-order valence-corrected chi connectivity index (χ1v) is 4.96. The number of rotatable bonds is 4. The molecular formula is C11H20N2O2. The Balaban J connectivity index is 4.23. The van der Waals surface area contributed by atoms with Crippen LogP contribution in [-0.2, 0) is 4.74 Å². The standard InChI is InChI=1S/C11H20N2O2/c1-6-8-13(9-7-12-5)10(14)15-11(2,3)4/h1,12H,7-9H2,2-5H3. The molecule has 0 unspecified atom stereocenters. The van der Waals surface area contributed by atoms with E-state index in [1.807, 2.05) is 27.8 Å². The fraction of sp³-hybridized carbons (Fsp3) is 0.727. The van der Waals surface area contributed by atoms with Gasteiger partial charge >= 0.3 is 6.09 Å². The summed E-state index contributed by atoms with van der Waals surface area (Å²) in [6.07, 6.45) is 4.82. The lowest BCUT2D eigenvalue weighted by atomic mass is 10.2. The maximum absolute atomic E-state index is 11.6. The van der Waals surface area contributed by atoms with Gasteiger partial charge in [-0.25, -0.2) is 4.79 Å². The van der Waals surface area contributed by atoms with Crippen LogP contribution in [0.4, 0.5) is 4.79 Å². The lowest BCUT2D eigenvalue weighted by molar-refractivity contribution is 0.0278. The quantitative estimate of drug-likeness (QED) is 0.709. The molecular weight excluding hydrogens is 192 g/mol. The van der Waals surface area contributed by atoms with E-state index >= 15 is 0 Å². The Hall–Kier alpha value is -1.21. The predicted molar refractivity (Wildman–Crippen MR) is 60.6 cm³/mol. The Labute approximate surface area is 92.0 Å². The summed E-state index contributed by atoms with van der Waals surface area (Å²) in [7, 11) is 1.82. The molecule has 0 aliphatic carbocycles. The zero-order valence-electron chi connectivity index (χ0n) is 9.96. The van der Waals surface area contributed by atoms with Crippen molar-refractivity contribution in [1.82, 2.24) is 10.2 Å². The van der Waals surface area contributed by atoms with Crippen LogP contribution in [0.3, 0.4) is 0 Å².